The topological polar surface area (TPSA) is 111 Å². The normalized spacial score (nSPS) is 10.4. The summed E-state index contributed by atoms with van der Waals surface area (Å²) in [6, 6.07) is 0.246. The molecule has 2 aromatic rings. The Hall–Kier alpha value is -2.00. The highest BCUT2D eigenvalue weighted by atomic mass is 32.1. The van der Waals surface area contributed by atoms with E-state index < -0.39 is 0 Å². The molecule has 0 saturated carbocycles. The molecule has 8 nitrogen and oxygen atoms in total. The van der Waals surface area contributed by atoms with Crippen molar-refractivity contribution in [2.75, 3.05) is 17.3 Å². The fourth-order valence-electron chi connectivity index (χ4n) is 1.51. The zero-order valence-electron chi connectivity index (χ0n) is 12.1. The van der Waals surface area contributed by atoms with E-state index in [-0.39, 0.29) is 12.0 Å². The predicted octanol–water partition coefficient (Wildman–Crippen LogP) is 1.58. The van der Waals surface area contributed by atoms with E-state index in [1.54, 1.807) is 11.3 Å². The fourth-order valence-corrected chi connectivity index (χ4v) is 2.31. The number of aromatic nitrogens is 4. The number of anilines is 2. The van der Waals surface area contributed by atoms with Crippen molar-refractivity contribution in [2.24, 2.45) is 5.84 Å². The van der Waals surface area contributed by atoms with Crippen LogP contribution in [0.2, 0.25) is 0 Å². The van der Waals surface area contributed by atoms with Crippen molar-refractivity contribution in [1.29, 1.82) is 0 Å². The molecule has 0 aliphatic heterocycles. The van der Waals surface area contributed by atoms with Gasteiger partial charge in [0.15, 0.2) is 0 Å². The highest BCUT2D eigenvalue weighted by Crippen LogP contribution is 2.16. The lowest BCUT2D eigenvalue weighted by Crippen LogP contribution is -2.14. The lowest BCUT2D eigenvalue weighted by Gasteiger charge is -2.08. The zero-order chi connectivity index (χ0) is 15.1. The molecule has 2 rings (SSSR count). The summed E-state index contributed by atoms with van der Waals surface area (Å²) in [6.07, 6.45) is 3.75. The van der Waals surface area contributed by atoms with Gasteiger partial charge >= 0.3 is 6.01 Å². The molecule has 2 aromatic heterocycles. The number of hydrazine groups is 1. The van der Waals surface area contributed by atoms with E-state index in [0.29, 0.717) is 19.1 Å². The minimum atomic E-state index is 0.246. The molecule has 0 aromatic carbocycles. The molecule has 0 bridgehead atoms. The summed E-state index contributed by atoms with van der Waals surface area (Å²) >= 11 is 1.66. The quantitative estimate of drug-likeness (QED) is 0.498. The third kappa shape index (κ3) is 4.50. The second-order valence-corrected chi connectivity index (χ2v) is 5.39. The maximum atomic E-state index is 5.40. The van der Waals surface area contributed by atoms with Gasteiger partial charge in [0.1, 0.15) is 5.01 Å². The number of hydrogen-bond donors (Lipinski definition) is 3. The van der Waals surface area contributed by atoms with Crippen molar-refractivity contribution in [3.05, 3.63) is 16.1 Å². The first-order valence-electron chi connectivity index (χ1n) is 6.78. The Morgan fingerprint density at radius 2 is 2.05 bits per heavy atom. The van der Waals surface area contributed by atoms with Crippen LogP contribution in [-0.2, 0) is 13.0 Å². The van der Waals surface area contributed by atoms with E-state index in [1.807, 2.05) is 13.1 Å². The average Bonchev–Trinajstić information content (AvgIpc) is 2.98. The zero-order valence-corrected chi connectivity index (χ0v) is 12.9. The van der Waals surface area contributed by atoms with Crippen LogP contribution in [0.25, 0.3) is 0 Å². The van der Waals surface area contributed by atoms with Crippen molar-refractivity contribution >= 4 is 23.2 Å². The number of ether oxygens (including phenoxy) is 1. The minimum Gasteiger partial charge on any atom is -0.463 e. The van der Waals surface area contributed by atoms with Gasteiger partial charge in [-0.15, -0.1) is 11.3 Å². The smallest absolute Gasteiger partial charge is 0.323 e. The lowest BCUT2D eigenvalue weighted by molar-refractivity contribution is 0.292. The largest absolute Gasteiger partial charge is 0.463 e. The molecular formula is C12H19N7OS. The minimum absolute atomic E-state index is 0.246. The second-order valence-electron chi connectivity index (χ2n) is 4.19. The molecule has 0 unspecified atom stereocenters. The first-order chi connectivity index (χ1) is 10.2. The van der Waals surface area contributed by atoms with E-state index in [4.69, 9.17) is 10.6 Å². The van der Waals surface area contributed by atoms with Gasteiger partial charge in [-0.2, -0.15) is 15.0 Å². The van der Waals surface area contributed by atoms with Gasteiger partial charge in [0, 0.05) is 11.1 Å². The van der Waals surface area contributed by atoms with Crippen LogP contribution in [-0.4, -0.2) is 26.5 Å². The number of nitrogen functional groups attached to an aromatic ring is 1. The van der Waals surface area contributed by atoms with E-state index >= 15 is 0 Å². The van der Waals surface area contributed by atoms with Gasteiger partial charge in [0.25, 0.3) is 0 Å². The van der Waals surface area contributed by atoms with E-state index in [0.717, 1.165) is 17.8 Å². The molecule has 0 radical (unpaired) electrons. The van der Waals surface area contributed by atoms with Gasteiger partial charge in [-0.05, 0) is 12.8 Å². The first-order valence-corrected chi connectivity index (χ1v) is 7.59. The van der Waals surface area contributed by atoms with Gasteiger partial charge in [0.2, 0.25) is 11.9 Å². The molecule has 0 spiro atoms. The van der Waals surface area contributed by atoms with Crippen molar-refractivity contribution in [1.82, 2.24) is 19.9 Å². The van der Waals surface area contributed by atoms with Crippen LogP contribution >= 0.6 is 11.3 Å². The molecule has 0 aliphatic rings. The maximum absolute atomic E-state index is 5.40. The molecule has 114 valence electrons. The average molecular weight is 309 g/mol. The number of nitrogens with two attached hydrogens (primary N) is 1. The van der Waals surface area contributed by atoms with Crippen LogP contribution in [0, 0.1) is 0 Å². The van der Waals surface area contributed by atoms with Gasteiger partial charge in [-0.3, -0.25) is 5.43 Å². The van der Waals surface area contributed by atoms with E-state index in [2.05, 4.69) is 37.6 Å². The Morgan fingerprint density at radius 3 is 2.71 bits per heavy atom. The van der Waals surface area contributed by atoms with Gasteiger partial charge < -0.3 is 10.1 Å². The van der Waals surface area contributed by atoms with E-state index in [1.165, 1.54) is 4.88 Å². The summed E-state index contributed by atoms with van der Waals surface area (Å²) in [5, 5.41) is 4.08. The summed E-state index contributed by atoms with van der Waals surface area (Å²) in [5.74, 6) is 6.01. The number of hydrogen-bond acceptors (Lipinski definition) is 9. The Morgan fingerprint density at radius 1 is 1.24 bits per heavy atom. The molecule has 0 atom stereocenters. The van der Waals surface area contributed by atoms with Crippen molar-refractivity contribution in [2.45, 2.75) is 33.2 Å². The number of thiazole rings is 1. The fraction of sp³-hybridized carbons (Fsp3) is 0.500. The molecule has 0 amide bonds. The van der Waals surface area contributed by atoms with Crippen molar-refractivity contribution in [3.8, 4) is 6.01 Å². The number of aryl methyl sites for hydroxylation is 1. The molecular weight excluding hydrogens is 290 g/mol. The van der Waals surface area contributed by atoms with Crippen LogP contribution < -0.4 is 21.3 Å². The second kappa shape index (κ2) is 7.70. The Balaban J connectivity index is 2.03. The van der Waals surface area contributed by atoms with Crippen LogP contribution in [0.4, 0.5) is 11.9 Å². The Labute approximate surface area is 127 Å². The van der Waals surface area contributed by atoms with Crippen LogP contribution in [0.5, 0.6) is 6.01 Å². The van der Waals surface area contributed by atoms with Crippen molar-refractivity contribution in [3.63, 3.8) is 0 Å². The van der Waals surface area contributed by atoms with Crippen LogP contribution in [0.1, 0.15) is 30.2 Å². The standard InChI is InChI=1S/C12H19N7OS/c1-3-5-20-12-17-10(16-11(18-12)19-13)15-7-9-14-6-8(4-2)21-9/h6H,3-5,7,13H2,1-2H3,(H2,15,16,17,18,19). The summed E-state index contributed by atoms with van der Waals surface area (Å²) in [5.41, 5.74) is 2.40. The molecule has 0 fully saturated rings. The molecule has 0 aliphatic carbocycles. The summed E-state index contributed by atoms with van der Waals surface area (Å²) in [7, 11) is 0. The van der Waals surface area contributed by atoms with Crippen LogP contribution in [0.3, 0.4) is 0 Å². The summed E-state index contributed by atoms with van der Waals surface area (Å²) in [6.45, 7) is 5.20. The van der Waals surface area contributed by atoms with E-state index in [9.17, 15) is 0 Å². The maximum Gasteiger partial charge on any atom is 0.323 e. The molecule has 0 saturated heterocycles. The number of nitrogens with one attached hydrogen (secondary N) is 2. The molecule has 21 heavy (non-hydrogen) atoms. The summed E-state index contributed by atoms with van der Waals surface area (Å²) < 4.78 is 5.40. The highest BCUT2D eigenvalue weighted by Gasteiger charge is 2.08. The molecule has 4 N–H and O–H groups in total. The highest BCUT2D eigenvalue weighted by molar-refractivity contribution is 7.11. The van der Waals surface area contributed by atoms with Gasteiger partial charge in [0.05, 0.1) is 13.2 Å². The molecule has 9 heteroatoms. The first kappa shape index (κ1) is 15.4. The third-order valence-electron chi connectivity index (χ3n) is 2.53. The molecule has 2 heterocycles. The Bertz CT molecular complexity index is 574. The monoisotopic (exact) mass is 309 g/mol. The Kier molecular flexibility index (Phi) is 5.64. The number of rotatable bonds is 8. The summed E-state index contributed by atoms with van der Waals surface area (Å²) in [4.78, 5) is 17.9. The SMILES string of the molecule is CCCOc1nc(NN)nc(NCc2ncc(CC)s2)n1. The lowest BCUT2D eigenvalue weighted by atomic mass is 10.4. The number of nitrogens with zero attached hydrogens (tertiary/aromatic N) is 4. The van der Waals surface area contributed by atoms with Crippen molar-refractivity contribution < 1.29 is 4.74 Å². The third-order valence-corrected chi connectivity index (χ3v) is 3.67. The predicted molar refractivity (Wildman–Crippen MR) is 82.2 cm³/mol. The van der Waals surface area contributed by atoms with Gasteiger partial charge in [-0.25, -0.2) is 10.8 Å². The van der Waals surface area contributed by atoms with Crippen LogP contribution in [0.15, 0.2) is 6.20 Å². The van der Waals surface area contributed by atoms with Gasteiger partial charge in [-0.1, -0.05) is 13.8 Å².